The molecule has 4 rings (SSSR count). The Kier molecular flexibility index (Phi) is 6.65. The maximum absolute atomic E-state index is 12.9. The molecule has 0 radical (unpaired) electrons. The Morgan fingerprint density at radius 3 is 2.24 bits per heavy atom. The van der Waals surface area contributed by atoms with Crippen LogP contribution in [0.5, 0.6) is 0 Å². The summed E-state index contributed by atoms with van der Waals surface area (Å²) < 4.78 is 44.3. The molecule has 0 aliphatic rings. The number of hydrogen-bond acceptors (Lipinski definition) is 3. The number of aryl methyl sites for hydroxylation is 2. The molecule has 33 heavy (non-hydrogen) atoms. The third-order valence-electron chi connectivity index (χ3n) is 5.69. The van der Waals surface area contributed by atoms with Crippen LogP contribution in [0.1, 0.15) is 41.3 Å². The summed E-state index contributed by atoms with van der Waals surface area (Å²) >= 11 is 0. The van der Waals surface area contributed by atoms with Gasteiger partial charge in [0.05, 0.1) is 22.9 Å². The Hall–Kier alpha value is -3.38. The van der Waals surface area contributed by atoms with Gasteiger partial charge in [-0.15, -0.1) is 0 Å². The molecule has 0 amide bonds. The van der Waals surface area contributed by atoms with Crippen LogP contribution in [-0.2, 0) is 12.6 Å². The van der Waals surface area contributed by atoms with Crippen molar-refractivity contribution in [1.29, 1.82) is 0 Å². The number of hydrogen-bond donors (Lipinski definition) is 1. The van der Waals surface area contributed by atoms with Crippen LogP contribution < -0.4 is 0 Å². The zero-order valence-corrected chi connectivity index (χ0v) is 18.1. The summed E-state index contributed by atoms with van der Waals surface area (Å²) in [6.07, 6.45) is -3.84. The molecule has 1 heterocycles. The van der Waals surface area contributed by atoms with Gasteiger partial charge in [0.2, 0.25) is 0 Å². The number of aliphatic hydroxyl groups is 1. The average Bonchev–Trinajstić information content (AvgIpc) is 3.21. The van der Waals surface area contributed by atoms with Crippen LogP contribution in [0.4, 0.5) is 13.2 Å². The van der Waals surface area contributed by atoms with Gasteiger partial charge in [0, 0.05) is 5.56 Å². The second-order valence-corrected chi connectivity index (χ2v) is 8.06. The van der Waals surface area contributed by atoms with E-state index in [2.05, 4.69) is 5.16 Å². The van der Waals surface area contributed by atoms with E-state index in [1.54, 1.807) is 13.0 Å². The summed E-state index contributed by atoms with van der Waals surface area (Å²) in [5.41, 5.74) is 4.14. The van der Waals surface area contributed by atoms with Gasteiger partial charge in [-0.1, -0.05) is 78.0 Å². The fourth-order valence-corrected chi connectivity index (χ4v) is 3.97. The van der Waals surface area contributed by atoms with E-state index < -0.39 is 17.8 Å². The molecule has 0 aliphatic heterocycles. The van der Waals surface area contributed by atoms with Gasteiger partial charge in [0.1, 0.15) is 0 Å². The molecule has 3 aromatic carbocycles. The van der Waals surface area contributed by atoms with Crippen molar-refractivity contribution in [1.82, 2.24) is 5.16 Å². The minimum Gasteiger partial charge on any atom is -0.388 e. The molecule has 4 aromatic rings. The molecule has 0 spiro atoms. The Morgan fingerprint density at radius 1 is 0.879 bits per heavy atom. The van der Waals surface area contributed by atoms with E-state index in [9.17, 15) is 18.3 Å². The number of halogens is 3. The first-order valence-corrected chi connectivity index (χ1v) is 10.8. The summed E-state index contributed by atoms with van der Waals surface area (Å²) in [4.78, 5) is 0. The Balaban J connectivity index is 1.45. The van der Waals surface area contributed by atoms with Gasteiger partial charge < -0.3 is 9.63 Å². The van der Waals surface area contributed by atoms with Crippen molar-refractivity contribution in [3.05, 3.63) is 101 Å². The number of aromatic nitrogens is 1. The quantitative estimate of drug-likeness (QED) is 0.319. The highest BCUT2D eigenvalue weighted by atomic mass is 19.4. The fourth-order valence-electron chi connectivity index (χ4n) is 3.97. The van der Waals surface area contributed by atoms with Gasteiger partial charge in [0.25, 0.3) is 0 Å². The Labute approximate surface area is 190 Å². The lowest BCUT2D eigenvalue weighted by Gasteiger charge is -2.12. The predicted molar refractivity (Wildman–Crippen MR) is 121 cm³/mol. The lowest BCUT2D eigenvalue weighted by molar-refractivity contribution is -0.137. The van der Waals surface area contributed by atoms with Crippen LogP contribution in [0.2, 0.25) is 0 Å². The van der Waals surface area contributed by atoms with Crippen LogP contribution in [-0.4, -0.2) is 10.3 Å². The molecule has 0 saturated heterocycles. The number of aliphatic hydroxyl groups excluding tert-OH is 1. The Morgan fingerprint density at radius 2 is 1.55 bits per heavy atom. The van der Waals surface area contributed by atoms with Crippen LogP contribution in [0, 0.1) is 6.92 Å². The molecule has 0 fully saturated rings. The first-order valence-electron chi connectivity index (χ1n) is 10.8. The van der Waals surface area contributed by atoms with Crippen LogP contribution in [0.25, 0.3) is 22.5 Å². The number of alkyl halides is 3. The Bertz CT molecular complexity index is 1200. The van der Waals surface area contributed by atoms with Crippen molar-refractivity contribution >= 4 is 0 Å². The van der Waals surface area contributed by atoms with E-state index in [0.717, 1.165) is 28.8 Å². The summed E-state index contributed by atoms with van der Waals surface area (Å²) in [7, 11) is 0. The average molecular weight is 451 g/mol. The molecule has 0 aliphatic carbocycles. The monoisotopic (exact) mass is 451 g/mol. The summed E-state index contributed by atoms with van der Waals surface area (Å²) in [5.74, 6) is 0.513. The van der Waals surface area contributed by atoms with Crippen molar-refractivity contribution in [3.8, 4) is 22.5 Å². The standard InChI is InChI=1S/C27H24F3NO2/c1-18-25(24(32)12-6-8-19-7-5-11-23(17-19)27(28,29)30)26(33-31-18)22-15-13-21(14-16-22)20-9-3-2-4-10-20/h2-5,7,9-11,13-17,24,32H,6,8,12H2,1H3. The molecular weight excluding hydrogens is 427 g/mol. The zero-order chi connectivity index (χ0) is 23.4. The SMILES string of the molecule is Cc1noc(-c2ccc(-c3ccccc3)cc2)c1C(O)CCCc1cccc(C(F)(F)F)c1. The summed E-state index contributed by atoms with van der Waals surface area (Å²) in [5, 5.41) is 14.9. The van der Waals surface area contributed by atoms with E-state index in [0.29, 0.717) is 41.8 Å². The summed E-state index contributed by atoms with van der Waals surface area (Å²) in [6, 6.07) is 23.2. The third-order valence-corrected chi connectivity index (χ3v) is 5.69. The van der Waals surface area contributed by atoms with E-state index in [1.165, 1.54) is 6.07 Å². The van der Waals surface area contributed by atoms with Crippen molar-refractivity contribution in [2.45, 2.75) is 38.5 Å². The minimum absolute atomic E-state index is 0.382. The maximum Gasteiger partial charge on any atom is 0.416 e. The topological polar surface area (TPSA) is 46.3 Å². The smallest absolute Gasteiger partial charge is 0.388 e. The van der Waals surface area contributed by atoms with Gasteiger partial charge in [-0.3, -0.25) is 0 Å². The lowest BCUT2D eigenvalue weighted by atomic mass is 9.96. The predicted octanol–water partition coefficient (Wildman–Crippen LogP) is 7.39. The first kappa shape index (κ1) is 22.8. The van der Waals surface area contributed by atoms with Gasteiger partial charge >= 0.3 is 6.18 Å². The molecule has 1 aromatic heterocycles. The normalized spacial score (nSPS) is 12.6. The third kappa shape index (κ3) is 5.34. The van der Waals surface area contributed by atoms with E-state index in [4.69, 9.17) is 4.52 Å². The van der Waals surface area contributed by atoms with Crippen LogP contribution >= 0.6 is 0 Å². The molecule has 1 unspecified atom stereocenters. The fraction of sp³-hybridized carbons (Fsp3) is 0.222. The lowest BCUT2D eigenvalue weighted by Crippen LogP contribution is -2.05. The molecule has 0 bridgehead atoms. The molecule has 6 heteroatoms. The van der Waals surface area contributed by atoms with Crippen molar-refractivity contribution in [2.24, 2.45) is 0 Å². The largest absolute Gasteiger partial charge is 0.416 e. The van der Waals surface area contributed by atoms with Gasteiger partial charge in [-0.05, 0) is 48.9 Å². The summed E-state index contributed by atoms with van der Waals surface area (Å²) in [6.45, 7) is 1.77. The van der Waals surface area contributed by atoms with E-state index in [-0.39, 0.29) is 0 Å². The van der Waals surface area contributed by atoms with E-state index in [1.807, 2.05) is 54.6 Å². The second kappa shape index (κ2) is 9.63. The maximum atomic E-state index is 12.9. The first-order chi connectivity index (χ1) is 15.8. The highest BCUT2D eigenvalue weighted by molar-refractivity contribution is 5.69. The van der Waals surface area contributed by atoms with E-state index >= 15 is 0 Å². The van der Waals surface area contributed by atoms with Gasteiger partial charge in [-0.2, -0.15) is 13.2 Å². The second-order valence-electron chi connectivity index (χ2n) is 8.06. The van der Waals surface area contributed by atoms with Gasteiger partial charge in [0.15, 0.2) is 5.76 Å². The van der Waals surface area contributed by atoms with Gasteiger partial charge in [-0.25, -0.2) is 0 Å². The molecule has 0 saturated carbocycles. The highest BCUT2D eigenvalue weighted by Gasteiger charge is 2.30. The molecular formula is C27H24F3NO2. The zero-order valence-electron chi connectivity index (χ0n) is 18.1. The molecule has 1 N–H and O–H groups in total. The minimum atomic E-state index is -4.36. The van der Waals surface area contributed by atoms with Crippen molar-refractivity contribution < 1.29 is 22.8 Å². The number of nitrogens with zero attached hydrogens (tertiary/aromatic N) is 1. The molecule has 170 valence electrons. The van der Waals surface area contributed by atoms with Crippen molar-refractivity contribution in [2.75, 3.05) is 0 Å². The molecule has 1 atom stereocenters. The number of rotatable bonds is 7. The molecule has 3 nitrogen and oxygen atoms in total. The van der Waals surface area contributed by atoms with Crippen molar-refractivity contribution in [3.63, 3.8) is 0 Å². The van der Waals surface area contributed by atoms with Crippen LogP contribution in [0.15, 0.2) is 83.4 Å². The van der Waals surface area contributed by atoms with Crippen LogP contribution in [0.3, 0.4) is 0 Å². The number of benzene rings is 3. The highest BCUT2D eigenvalue weighted by Crippen LogP contribution is 2.35.